The lowest BCUT2D eigenvalue weighted by atomic mass is 10.1. The Bertz CT molecular complexity index is 1400. The van der Waals surface area contributed by atoms with E-state index in [0.29, 0.717) is 0 Å². The zero-order valence-electron chi connectivity index (χ0n) is 18.9. The van der Waals surface area contributed by atoms with E-state index in [1.165, 1.54) is 12.1 Å². The van der Waals surface area contributed by atoms with E-state index in [-0.39, 0.29) is 33.6 Å². The number of rotatable bonds is 5. The molecular formula is C27H22O7. The summed E-state index contributed by atoms with van der Waals surface area (Å²) < 4.78 is 22.4. The zero-order valence-corrected chi connectivity index (χ0v) is 18.9. The summed E-state index contributed by atoms with van der Waals surface area (Å²) in [6.45, 7) is 5.53. The van der Waals surface area contributed by atoms with E-state index in [9.17, 15) is 14.4 Å². The molecule has 1 heterocycles. The quantitative estimate of drug-likeness (QED) is 0.292. The molecule has 1 aromatic heterocycles. The number of carbonyl (C=O) groups excluding carboxylic acids is 2. The highest BCUT2D eigenvalue weighted by Gasteiger charge is 2.26. The maximum absolute atomic E-state index is 13.0. The fourth-order valence-corrected chi connectivity index (χ4v) is 3.21. The second-order valence-electron chi connectivity index (χ2n) is 8.41. The van der Waals surface area contributed by atoms with Gasteiger partial charge < -0.3 is 18.6 Å². The van der Waals surface area contributed by atoms with Crippen LogP contribution in [0.15, 0.2) is 88.1 Å². The molecule has 7 heteroatoms. The van der Waals surface area contributed by atoms with Gasteiger partial charge in [0.15, 0.2) is 17.1 Å². The maximum atomic E-state index is 13.0. The predicted octanol–water partition coefficient (Wildman–Crippen LogP) is 5.41. The summed E-state index contributed by atoms with van der Waals surface area (Å²) in [5.74, 6) is -2.01. The lowest BCUT2D eigenvalue weighted by Crippen LogP contribution is -2.23. The molecule has 0 aliphatic rings. The first-order valence-electron chi connectivity index (χ1n) is 10.6. The lowest BCUT2D eigenvalue weighted by molar-refractivity contribution is 0.0678. The van der Waals surface area contributed by atoms with E-state index >= 15 is 0 Å². The minimum absolute atomic E-state index is 0.0674. The summed E-state index contributed by atoms with van der Waals surface area (Å²) in [6, 6.07) is 21.3. The number of carbonyl (C=O) groups is 2. The van der Waals surface area contributed by atoms with Crippen molar-refractivity contribution in [3.63, 3.8) is 0 Å². The topological polar surface area (TPSA) is 92.0 Å². The van der Waals surface area contributed by atoms with Crippen LogP contribution in [-0.2, 0) is 0 Å². The molecule has 3 aromatic carbocycles. The van der Waals surface area contributed by atoms with Crippen LogP contribution >= 0.6 is 0 Å². The van der Waals surface area contributed by atoms with Gasteiger partial charge in [0, 0.05) is 0 Å². The van der Waals surface area contributed by atoms with E-state index in [4.69, 9.17) is 18.6 Å². The minimum atomic E-state index is -0.988. The van der Waals surface area contributed by atoms with Crippen molar-refractivity contribution in [3.8, 4) is 17.2 Å². The molecule has 0 amide bonds. The van der Waals surface area contributed by atoms with Crippen LogP contribution in [0.5, 0.6) is 17.2 Å². The SMILES string of the molecule is CC(C)(C)Oc1cccc2c(OC(=O)c3ccccc3)c(OC(=O)c3ccccc3)c(=O)oc12. The molecule has 0 radical (unpaired) electrons. The molecule has 0 atom stereocenters. The van der Waals surface area contributed by atoms with E-state index in [1.807, 2.05) is 20.8 Å². The molecule has 7 nitrogen and oxygen atoms in total. The zero-order chi connectivity index (χ0) is 24.3. The molecule has 4 rings (SSSR count). The first-order chi connectivity index (χ1) is 16.2. The van der Waals surface area contributed by atoms with Gasteiger partial charge in [-0.25, -0.2) is 14.4 Å². The van der Waals surface area contributed by atoms with Gasteiger partial charge in [0.25, 0.3) is 5.75 Å². The summed E-state index contributed by atoms with van der Waals surface area (Å²) in [6.07, 6.45) is 0. The summed E-state index contributed by atoms with van der Waals surface area (Å²) in [4.78, 5) is 38.5. The van der Waals surface area contributed by atoms with Crippen molar-refractivity contribution in [3.05, 3.63) is 100 Å². The summed E-state index contributed by atoms with van der Waals surface area (Å²) in [7, 11) is 0. The highest BCUT2D eigenvalue weighted by atomic mass is 16.6. The lowest BCUT2D eigenvalue weighted by Gasteiger charge is -2.22. The van der Waals surface area contributed by atoms with Gasteiger partial charge in [-0.15, -0.1) is 0 Å². The van der Waals surface area contributed by atoms with Crippen molar-refractivity contribution in [2.24, 2.45) is 0 Å². The highest BCUT2D eigenvalue weighted by molar-refractivity contribution is 5.98. The van der Waals surface area contributed by atoms with Crippen LogP contribution in [0.3, 0.4) is 0 Å². The first kappa shape index (κ1) is 22.8. The number of ether oxygens (including phenoxy) is 3. The van der Waals surface area contributed by atoms with E-state index < -0.39 is 28.9 Å². The minimum Gasteiger partial charge on any atom is -0.484 e. The fraction of sp³-hybridized carbons (Fsp3) is 0.148. The van der Waals surface area contributed by atoms with Gasteiger partial charge >= 0.3 is 17.6 Å². The van der Waals surface area contributed by atoms with Crippen molar-refractivity contribution < 1.29 is 28.2 Å². The molecule has 0 spiro atoms. The van der Waals surface area contributed by atoms with Gasteiger partial charge in [-0.2, -0.15) is 0 Å². The van der Waals surface area contributed by atoms with Crippen molar-refractivity contribution >= 4 is 22.9 Å². The van der Waals surface area contributed by atoms with E-state index in [2.05, 4.69) is 0 Å². The smallest absolute Gasteiger partial charge is 0.383 e. The Balaban J connectivity index is 1.86. The monoisotopic (exact) mass is 458 g/mol. The van der Waals surface area contributed by atoms with Crippen LogP contribution in [-0.4, -0.2) is 17.5 Å². The number of para-hydroxylation sites is 1. The second-order valence-corrected chi connectivity index (χ2v) is 8.41. The third-order valence-corrected chi connectivity index (χ3v) is 4.63. The number of hydrogen-bond acceptors (Lipinski definition) is 7. The summed E-state index contributed by atoms with van der Waals surface area (Å²) in [5, 5.41) is 0.237. The van der Waals surface area contributed by atoms with Gasteiger partial charge in [0.2, 0.25) is 0 Å². The Morgan fingerprint density at radius 2 is 1.24 bits per heavy atom. The third kappa shape index (κ3) is 4.99. The molecule has 0 bridgehead atoms. The molecule has 172 valence electrons. The molecule has 0 saturated carbocycles. The molecular weight excluding hydrogens is 436 g/mol. The molecule has 0 N–H and O–H groups in total. The third-order valence-electron chi connectivity index (χ3n) is 4.63. The Hall–Kier alpha value is -4.39. The molecule has 4 aromatic rings. The molecule has 0 aliphatic carbocycles. The van der Waals surface area contributed by atoms with Gasteiger partial charge in [0.05, 0.1) is 16.5 Å². The Kier molecular flexibility index (Phi) is 6.19. The van der Waals surface area contributed by atoms with E-state index in [0.717, 1.165) is 0 Å². The van der Waals surface area contributed by atoms with Crippen molar-refractivity contribution in [2.75, 3.05) is 0 Å². The largest absolute Gasteiger partial charge is 0.484 e. The van der Waals surface area contributed by atoms with Crippen molar-refractivity contribution in [2.45, 2.75) is 26.4 Å². The number of fused-ring (bicyclic) bond motifs is 1. The standard InChI is InChI=1S/C27H22O7/c1-27(2,3)34-20-16-10-15-19-21(20)31-26(30)23(33-25(29)18-13-8-5-9-14-18)22(19)32-24(28)17-11-6-4-7-12-17/h4-16H,1-3H3. The van der Waals surface area contributed by atoms with Gasteiger partial charge in [0.1, 0.15) is 5.60 Å². The van der Waals surface area contributed by atoms with E-state index in [1.54, 1.807) is 66.7 Å². The fourth-order valence-electron chi connectivity index (χ4n) is 3.21. The second kappa shape index (κ2) is 9.23. The van der Waals surface area contributed by atoms with Gasteiger partial charge in [-0.3, -0.25) is 0 Å². The number of esters is 2. The molecule has 0 saturated heterocycles. The maximum Gasteiger partial charge on any atom is 0.383 e. The Morgan fingerprint density at radius 3 is 1.76 bits per heavy atom. The van der Waals surface area contributed by atoms with Crippen LogP contribution in [0, 0.1) is 0 Å². The first-order valence-corrected chi connectivity index (χ1v) is 10.6. The van der Waals surface area contributed by atoms with Gasteiger partial charge in [-0.05, 0) is 57.2 Å². The normalized spacial score (nSPS) is 11.1. The molecule has 0 fully saturated rings. The number of benzene rings is 3. The molecule has 0 aliphatic heterocycles. The molecule has 34 heavy (non-hydrogen) atoms. The highest BCUT2D eigenvalue weighted by Crippen LogP contribution is 2.38. The van der Waals surface area contributed by atoms with Crippen LogP contribution < -0.4 is 19.8 Å². The number of hydrogen-bond donors (Lipinski definition) is 0. The van der Waals surface area contributed by atoms with Crippen molar-refractivity contribution in [1.29, 1.82) is 0 Å². The average Bonchev–Trinajstić information content (AvgIpc) is 2.82. The average molecular weight is 458 g/mol. The Morgan fingerprint density at radius 1 is 0.706 bits per heavy atom. The predicted molar refractivity (Wildman–Crippen MR) is 126 cm³/mol. The molecule has 0 unspecified atom stereocenters. The summed E-state index contributed by atoms with van der Waals surface area (Å²) >= 11 is 0. The van der Waals surface area contributed by atoms with Crippen molar-refractivity contribution in [1.82, 2.24) is 0 Å². The van der Waals surface area contributed by atoms with Crippen LogP contribution in [0.1, 0.15) is 41.5 Å². The van der Waals surface area contributed by atoms with Gasteiger partial charge in [-0.1, -0.05) is 42.5 Å². The summed E-state index contributed by atoms with van der Waals surface area (Å²) in [5.41, 5.74) is -1.04. The Labute approximate surface area is 195 Å². The van der Waals surface area contributed by atoms with Crippen LogP contribution in [0.4, 0.5) is 0 Å². The van der Waals surface area contributed by atoms with Crippen LogP contribution in [0.25, 0.3) is 11.0 Å². The van der Waals surface area contributed by atoms with Crippen LogP contribution in [0.2, 0.25) is 0 Å².